The van der Waals surface area contributed by atoms with Crippen LogP contribution in [-0.2, 0) is 14.3 Å². The quantitative estimate of drug-likeness (QED) is 0.458. The van der Waals surface area contributed by atoms with Crippen LogP contribution >= 0.6 is 11.8 Å². The Balaban J connectivity index is 1.64. The average molecular weight is 389 g/mol. The average Bonchev–Trinajstić information content (AvgIpc) is 3.42. The number of carbonyl (C=O) groups excluding carboxylic acids is 2. The maximum atomic E-state index is 12.2. The van der Waals surface area contributed by atoms with Gasteiger partial charge in [-0.05, 0) is 50.3 Å². The van der Waals surface area contributed by atoms with Gasteiger partial charge in [0.15, 0.2) is 0 Å². The number of nitrogens with zero attached hydrogens (tertiary/aromatic N) is 1. The molecule has 1 saturated carbocycles. The summed E-state index contributed by atoms with van der Waals surface area (Å²) in [5.41, 5.74) is 1.61. The smallest absolute Gasteiger partial charge is 0.414 e. The van der Waals surface area contributed by atoms with Crippen molar-refractivity contribution in [2.75, 3.05) is 24.3 Å². The van der Waals surface area contributed by atoms with Crippen LogP contribution in [0, 0.1) is 17.8 Å². The summed E-state index contributed by atoms with van der Waals surface area (Å²) in [6, 6.07) is 7.41. The number of hydrogen-bond donors (Lipinski definition) is 1. The Morgan fingerprint density at radius 3 is 2.70 bits per heavy atom. The second kappa shape index (κ2) is 8.24. The van der Waals surface area contributed by atoms with Gasteiger partial charge < -0.3 is 14.6 Å². The number of hydrogen-bond acceptors (Lipinski definition) is 6. The minimum Gasteiger partial charge on any atom is -0.463 e. The van der Waals surface area contributed by atoms with Crippen molar-refractivity contribution in [1.82, 2.24) is 0 Å². The molecule has 1 aliphatic carbocycles. The van der Waals surface area contributed by atoms with Crippen LogP contribution in [0.1, 0.15) is 31.7 Å². The predicted molar refractivity (Wildman–Crippen MR) is 103 cm³/mol. The number of amides is 1. The molecule has 1 aromatic carbocycles. The number of thioether (sulfide) groups is 1. The van der Waals surface area contributed by atoms with Gasteiger partial charge in [0.2, 0.25) is 4.93 Å². The van der Waals surface area contributed by atoms with E-state index in [0.717, 1.165) is 17.3 Å². The predicted octanol–water partition coefficient (Wildman–Crippen LogP) is 2.78. The van der Waals surface area contributed by atoms with E-state index in [1.807, 2.05) is 24.3 Å². The van der Waals surface area contributed by atoms with Gasteiger partial charge in [0.1, 0.15) is 6.10 Å². The van der Waals surface area contributed by atoms with Crippen LogP contribution in [0.5, 0.6) is 0 Å². The van der Waals surface area contributed by atoms with Gasteiger partial charge in [-0.1, -0.05) is 11.8 Å². The van der Waals surface area contributed by atoms with Gasteiger partial charge in [0.05, 0.1) is 13.2 Å². The topological polar surface area (TPSA) is 76.1 Å². The minimum atomic E-state index is -1.74. The molecular weight excluding hydrogens is 366 g/mol. The number of cyclic esters (lactones) is 1. The summed E-state index contributed by atoms with van der Waals surface area (Å²) in [7, 11) is 0. The van der Waals surface area contributed by atoms with Gasteiger partial charge in [0, 0.05) is 23.6 Å². The number of ether oxygens (including phenoxy) is 2. The van der Waals surface area contributed by atoms with Gasteiger partial charge in [-0.25, -0.2) is 9.59 Å². The third-order valence-corrected chi connectivity index (χ3v) is 5.50. The van der Waals surface area contributed by atoms with E-state index in [1.165, 1.54) is 17.7 Å². The van der Waals surface area contributed by atoms with Crippen LogP contribution in [0.2, 0.25) is 0 Å². The molecule has 3 rings (SSSR count). The van der Waals surface area contributed by atoms with Crippen molar-refractivity contribution < 1.29 is 24.2 Å². The first kappa shape index (κ1) is 19.6. The second-order valence-electron chi connectivity index (χ2n) is 6.62. The molecule has 27 heavy (non-hydrogen) atoms. The van der Waals surface area contributed by atoms with E-state index >= 15 is 0 Å². The zero-order chi connectivity index (χ0) is 19.4. The molecule has 144 valence electrons. The highest BCUT2D eigenvalue weighted by atomic mass is 32.2. The van der Waals surface area contributed by atoms with Gasteiger partial charge in [0.25, 0.3) is 0 Å². The molecule has 0 spiro atoms. The van der Waals surface area contributed by atoms with Crippen LogP contribution in [0.25, 0.3) is 0 Å². The van der Waals surface area contributed by atoms with Crippen LogP contribution in [0.3, 0.4) is 0 Å². The van der Waals surface area contributed by atoms with Crippen molar-refractivity contribution in [3.8, 4) is 11.8 Å². The molecule has 2 fully saturated rings. The number of esters is 1. The lowest BCUT2D eigenvalue weighted by molar-refractivity contribution is -0.157. The van der Waals surface area contributed by atoms with Crippen LogP contribution in [-0.4, -0.2) is 47.6 Å². The molecule has 6 nitrogen and oxygen atoms in total. The van der Waals surface area contributed by atoms with Crippen molar-refractivity contribution in [3.63, 3.8) is 0 Å². The minimum absolute atomic E-state index is 0.0276. The van der Waals surface area contributed by atoms with E-state index in [-0.39, 0.29) is 19.6 Å². The number of anilines is 1. The van der Waals surface area contributed by atoms with E-state index in [9.17, 15) is 14.7 Å². The number of aliphatic hydroxyl groups is 1. The van der Waals surface area contributed by atoms with Crippen molar-refractivity contribution >= 4 is 29.5 Å². The maximum absolute atomic E-state index is 12.2. The van der Waals surface area contributed by atoms with Crippen molar-refractivity contribution in [1.29, 1.82) is 0 Å². The van der Waals surface area contributed by atoms with Crippen LogP contribution in [0.15, 0.2) is 24.3 Å². The Morgan fingerprint density at radius 1 is 1.41 bits per heavy atom. The Labute approximate surface area is 163 Å². The lowest BCUT2D eigenvalue weighted by Gasteiger charge is -2.25. The number of carbonyl (C=O) groups is 2. The lowest BCUT2D eigenvalue weighted by atomic mass is 10.1. The Hall–Kier alpha value is -2.17. The van der Waals surface area contributed by atoms with Gasteiger partial charge in [-0.3, -0.25) is 4.90 Å². The first-order chi connectivity index (χ1) is 12.9. The zero-order valence-electron chi connectivity index (χ0n) is 15.4. The van der Waals surface area contributed by atoms with E-state index in [2.05, 4.69) is 11.8 Å². The number of benzene rings is 1. The maximum Gasteiger partial charge on any atom is 0.414 e. The largest absolute Gasteiger partial charge is 0.463 e. The van der Waals surface area contributed by atoms with Crippen molar-refractivity contribution in [3.05, 3.63) is 29.8 Å². The molecule has 0 aromatic heterocycles. The molecule has 2 unspecified atom stereocenters. The molecule has 1 N–H and O–H groups in total. The third kappa shape index (κ3) is 4.76. The van der Waals surface area contributed by atoms with E-state index in [1.54, 1.807) is 13.2 Å². The van der Waals surface area contributed by atoms with Gasteiger partial charge >= 0.3 is 12.1 Å². The molecule has 7 heteroatoms. The molecule has 1 heterocycles. The molecule has 1 saturated heterocycles. The molecule has 0 radical (unpaired) electrons. The normalized spacial score (nSPS) is 21.1. The summed E-state index contributed by atoms with van der Waals surface area (Å²) in [5.74, 6) is 6.16. The molecule has 1 aromatic rings. The molecule has 0 bridgehead atoms. The van der Waals surface area contributed by atoms with E-state index in [0.29, 0.717) is 11.6 Å². The first-order valence-electron chi connectivity index (χ1n) is 8.99. The van der Waals surface area contributed by atoms with Crippen molar-refractivity contribution in [2.45, 2.75) is 37.2 Å². The fraction of sp³-hybridized carbons (Fsp3) is 0.500. The lowest BCUT2D eigenvalue weighted by Crippen LogP contribution is -2.40. The second-order valence-corrected chi connectivity index (χ2v) is 7.70. The summed E-state index contributed by atoms with van der Waals surface area (Å²) in [6.07, 6.45) is 2.85. The summed E-state index contributed by atoms with van der Waals surface area (Å²) in [4.78, 5) is 24.0. The van der Waals surface area contributed by atoms with Crippen LogP contribution < -0.4 is 4.90 Å². The monoisotopic (exact) mass is 389 g/mol. The molecule has 2 aliphatic rings. The molecular formula is C20H23NO5S. The highest BCUT2D eigenvalue weighted by Crippen LogP contribution is 2.32. The summed E-state index contributed by atoms with van der Waals surface area (Å²) in [6.45, 7) is 2.11. The van der Waals surface area contributed by atoms with E-state index in [4.69, 9.17) is 9.47 Å². The zero-order valence-corrected chi connectivity index (χ0v) is 16.3. The molecule has 1 aliphatic heterocycles. The first-order valence-corrected chi connectivity index (χ1v) is 10.2. The summed E-state index contributed by atoms with van der Waals surface area (Å²) in [5, 5.41) is 10.5. The number of rotatable bonds is 6. The van der Waals surface area contributed by atoms with Crippen molar-refractivity contribution in [2.24, 2.45) is 5.92 Å². The van der Waals surface area contributed by atoms with Gasteiger partial charge in [-0.15, -0.1) is 11.8 Å². The Kier molecular flexibility index (Phi) is 5.98. The fourth-order valence-electron chi connectivity index (χ4n) is 2.78. The standard InChI is InChI=1S/C20H23NO5S/c1-3-25-18(22)20(24,27-2)12-17-13-21(19(23)26-17)16-10-8-15(9-11-16)7-6-14-4-5-14/h8-11,14,17,24H,3-5,12-13H2,1-2H3. The molecule has 1 amide bonds. The van der Waals surface area contributed by atoms with E-state index < -0.39 is 23.1 Å². The SMILES string of the molecule is CCOC(=O)C(O)(CC1CN(c2ccc(C#CC3CC3)cc2)C(=O)O1)SC. The van der Waals surface area contributed by atoms with Crippen LogP contribution in [0.4, 0.5) is 10.5 Å². The Morgan fingerprint density at radius 2 is 2.11 bits per heavy atom. The highest BCUT2D eigenvalue weighted by molar-refractivity contribution is 8.00. The Bertz CT molecular complexity index is 765. The molecule has 2 atom stereocenters. The third-order valence-electron chi connectivity index (χ3n) is 4.49. The highest BCUT2D eigenvalue weighted by Gasteiger charge is 2.44. The fourth-order valence-corrected chi connectivity index (χ4v) is 3.36. The van der Waals surface area contributed by atoms with Gasteiger partial charge in [-0.2, -0.15) is 0 Å². The summed E-state index contributed by atoms with van der Waals surface area (Å²) < 4.78 is 10.3. The summed E-state index contributed by atoms with van der Waals surface area (Å²) >= 11 is 0.976.